The van der Waals surface area contributed by atoms with E-state index in [9.17, 15) is 0 Å². The molecule has 0 spiro atoms. The van der Waals surface area contributed by atoms with Gasteiger partial charge in [0.2, 0.25) is 0 Å². The first-order chi connectivity index (χ1) is 7.68. The molecule has 16 heavy (non-hydrogen) atoms. The van der Waals surface area contributed by atoms with Crippen molar-refractivity contribution in [2.45, 2.75) is 57.7 Å². The van der Waals surface area contributed by atoms with Gasteiger partial charge in [0, 0.05) is 25.2 Å². The molecule has 1 saturated heterocycles. The average Bonchev–Trinajstić information content (AvgIpc) is 2.81. The number of rotatable bonds is 3. The highest BCUT2D eigenvalue weighted by atomic mass is 16.5. The fourth-order valence-corrected chi connectivity index (χ4v) is 3.04. The minimum absolute atomic E-state index is 0.254. The summed E-state index contributed by atoms with van der Waals surface area (Å²) < 4.78 is 5.87. The van der Waals surface area contributed by atoms with Gasteiger partial charge in [-0.25, -0.2) is 0 Å². The summed E-state index contributed by atoms with van der Waals surface area (Å²) in [5.74, 6) is 0.706. The molecule has 2 N–H and O–H groups in total. The molecule has 0 radical (unpaired) electrons. The van der Waals surface area contributed by atoms with Gasteiger partial charge in [-0.2, -0.15) is 0 Å². The minimum atomic E-state index is 0.254. The predicted octanol–water partition coefficient (Wildman–Crippen LogP) is 1.61. The molecule has 3 heteroatoms. The Balaban J connectivity index is 1.87. The van der Waals surface area contributed by atoms with Crippen LogP contribution in [0.25, 0.3) is 0 Å². The minimum Gasteiger partial charge on any atom is -0.374 e. The lowest BCUT2D eigenvalue weighted by Crippen LogP contribution is -2.54. The Labute approximate surface area is 99.3 Å². The van der Waals surface area contributed by atoms with Gasteiger partial charge in [0.1, 0.15) is 0 Å². The van der Waals surface area contributed by atoms with Gasteiger partial charge in [0.05, 0.1) is 12.7 Å². The van der Waals surface area contributed by atoms with Crippen LogP contribution >= 0.6 is 0 Å². The van der Waals surface area contributed by atoms with E-state index in [0.29, 0.717) is 12.0 Å². The summed E-state index contributed by atoms with van der Waals surface area (Å²) in [7, 11) is 0. The molecule has 94 valence electrons. The second-order valence-electron chi connectivity index (χ2n) is 5.62. The Hall–Kier alpha value is -0.120. The largest absolute Gasteiger partial charge is 0.374 e. The van der Waals surface area contributed by atoms with Crippen molar-refractivity contribution in [2.75, 3.05) is 19.7 Å². The number of hydrogen-bond acceptors (Lipinski definition) is 3. The van der Waals surface area contributed by atoms with Gasteiger partial charge in [0.15, 0.2) is 0 Å². The van der Waals surface area contributed by atoms with Gasteiger partial charge < -0.3 is 10.5 Å². The molecule has 0 amide bonds. The molecule has 0 aromatic rings. The Kier molecular flexibility index (Phi) is 4.22. The molecular weight excluding hydrogens is 200 g/mol. The number of hydrogen-bond donors (Lipinski definition) is 1. The zero-order chi connectivity index (χ0) is 11.5. The molecule has 1 aliphatic carbocycles. The van der Waals surface area contributed by atoms with E-state index < -0.39 is 0 Å². The molecule has 3 nitrogen and oxygen atoms in total. The number of nitrogens with two attached hydrogens (primary N) is 1. The second kappa shape index (κ2) is 5.48. The van der Waals surface area contributed by atoms with Crippen LogP contribution in [-0.2, 0) is 4.74 Å². The van der Waals surface area contributed by atoms with Crippen molar-refractivity contribution in [2.24, 2.45) is 11.7 Å². The first kappa shape index (κ1) is 12.3. The van der Waals surface area contributed by atoms with E-state index in [1.54, 1.807) is 0 Å². The van der Waals surface area contributed by atoms with Crippen molar-refractivity contribution >= 4 is 0 Å². The molecule has 2 fully saturated rings. The monoisotopic (exact) mass is 226 g/mol. The van der Waals surface area contributed by atoms with Crippen LogP contribution in [0.1, 0.15) is 39.5 Å². The molecular formula is C13H26N2O. The van der Waals surface area contributed by atoms with Gasteiger partial charge in [-0.05, 0) is 32.6 Å². The third-order valence-electron chi connectivity index (χ3n) is 4.23. The lowest BCUT2D eigenvalue weighted by molar-refractivity contribution is -0.0576. The van der Waals surface area contributed by atoms with Crippen LogP contribution in [-0.4, -0.2) is 42.8 Å². The number of ether oxygens (including phenoxy) is 1. The van der Waals surface area contributed by atoms with E-state index in [2.05, 4.69) is 18.7 Å². The van der Waals surface area contributed by atoms with E-state index in [-0.39, 0.29) is 12.1 Å². The predicted molar refractivity (Wildman–Crippen MR) is 66.4 cm³/mol. The van der Waals surface area contributed by atoms with Crippen LogP contribution in [0.4, 0.5) is 0 Å². The Bertz CT molecular complexity index is 214. The highest BCUT2D eigenvalue weighted by molar-refractivity contribution is 4.88. The normalized spacial score (nSPS) is 31.1. The molecule has 2 atom stereocenters. The second-order valence-corrected chi connectivity index (χ2v) is 5.62. The highest BCUT2D eigenvalue weighted by Gasteiger charge is 2.32. The molecule has 0 bridgehead atoms. The van der Waals surface area contributed by atoms with Gasteiger partial charge in [0.25, 0.3) is 0 Å². The van der Waals surface area contributed by atoms with Crippen LogP contribution in [0.15, 0.2) is 0 Å². The summed E-state index contributed by atoms with van der Waals surface area (Å²) in [6, 6.07) is 0.867. The van der Waals surface area contributed by atoms with E-state index >= 15 is 0 Å². The third-order valence-corrected chi connectivity index (χ3v) is 4.23. The van der Waals surface area contributed by atoms with E-state index in [1.807, 2.05) is 0 Å². The van der Waals surface area contributed by atoms with Crippen molar-refractivity contribution in [3.05, 3.63) is 0 Å². The van der Waals surface area contributed by atoms with Crippen molar-refractivity contribution in [1.82, 2.24) is 4.90 Å². The number of nitrogens with zero attached hydrogens (tertiary/aromatic N) is 1. The first-order valence-corrected chi connectivity index (χ1v) is 6.79. The van der Waals surface area contributed by atoms with E-state index in [0.717, 1.165) is 19.7 Å². The van der Waals surface area contributed by atoms with Crippen LogP contribution in [0.2, 0.25) is 0 Å². The van der Waals surface area contributed by atoms with Crippen molar-refractivity contribution < 1.29 is 4.74 Å². The lowest BCUT2D eigenvalue weighted by Gasteiger charge is -2.39. The van der Waals surface area contributed by atoms with Crippen molar-refractivity contribution in [3.63, 3.8) is 0 Å². The van der Waals surface area contributed by atoms with Crippen LogP contribution in [0.3, 0.4) is 0 Å². The Morgan fingerprint density at radius 2 is 1.94 bits per heavy atom. The molecule has 1 heterocycles. The maximum atomic E-state index is 6.36. The SMILES string of the molecule is CC(C)N1CCOC(C(N)C2CCCC2)C1. The van der Waals surface area contributed by atoms with Crippen LogP contribution in [0, 0.1) is 5.92 Å². The van der Waals surface area contributed by atoms with Crippen LogP contribution in [0.5, 0.6) is 0 Å². The van der Waals surface area contributed by atoms with Gasteiger partial charge in [-0.1, -0.05) is 12.8 Å². The summed E-state index contributed by atoms with van der Waals surface area (Å²) in [5, 5.41) is 0. The molecule has 2 rings (SSSR count). The summed E-state index contributed by atoms with van der Waals surface area (Å²) >= 11 is 0. The van der Waals surface area contributed by atoms with Gasteiger partial charge in [-0.15, -0.1) is 0 Å². The fourth-order valence-electron chi connectivity index (χ4n) is 3.04. The topological polar surface area (TPSA) is 38.5 Å². The smallest absolute Gasteiger partial charge is 0.0855 e. The van der Waals surface area contributed by atoms with Gasteiger partial charge >= 0.3 is 0 Å². The van der Waals surface area contributed by atoms with E-state index in [1.165, 1.54) is 25.7 Å². The molecule has 2 unspecified atom stereocenters. The average molecular weight is 226 g/mol. The summed E-state index contributed by atoms with van der Waals surface area (Å²) in [4.78, 5) is 2.49. The first-order valence-electron chi connectivity index (χ1n) is 6.79. The van der Waals surface area contributed by atoms with Crippen LogP contribution < -0.4 is 5.73 Å². The maximum Gasteiger partial charge on any atom is 0.0855 e. The molecule has 0 aromatic heterocycles. The lowest BCUT2D eigenvalue weighted by atomic mass is 9.93. The third kappa shape index (κ3) is 2.76. The number of morpholine rings is 1. The summed E-state index contributed by atoms with van der Waals surface area (Å²) in [6.45, 7) is 7.44. The zero-order valence-corrected chi connectivity index (χ0v) is 10.7. The Morgan fingerprint density at radius 3 is 2.56 bits per heavy atom. The van der Waals surface area contributed by atoms with Crippen molar-refractivity contribution in [3.8, 4) is 0 Å². The van der Waals surface area contributed by atoms with Gasteiger partial charge in [-0.3, -0.25) is 4.90 Å². The summed E-state index contributed by atoms with van der Waals surface area (Å²) in [5.41, 5.74) is 6.36. The highest BCUT2D eigenvalue weighted by Crippen LogP contribution is 2.29. The molecule has 1 saturated carbocycles. The molecule has 1 aliphatic heterocycles. The standard InChI is InChI=1S/C13H26N2O/c1-10(2)15-7-8-16-12(9-15)13(14)11-5-3-4-6-11/h10-13H,3-9,14H2,1-2H3. The fraction of sp³-hybridized carbons (Fsp3) is 1.00. The molecule has 0 aromatic carbocycles. The quantitative estimate of drug-likeness (QED) is 0.794. The Morgan fingerprint density at radius 1 is 1.25 bits per heavy atom. The van der Waals surface area contributed by atoms with E-state index in [4.69, 9.17) is 10.5 Å². The van der Waals surface area contributed by atoms with Crippen molar-refractivity contribution in [1.29, 1.82) is 0 Å². The maximum absolute atomic E-state index is 6.36. The summed E-state index contributed by atoms with van der Waals surface area (Å²) in [6.07, 6.45) is 5.60. The zero-order valence-electron chi connectivity index (χ0n) is 10.7. The molecule has 2 aliphatic rings.